The summed E-state index contributed by atoms with van der Waals surface area (Å²) >= 11 is 0. The van der Waals surface area contributed by atoms with Gasteiger partial charge in [0.2, 0.25) is 0 Å². The van der Waals surface area contributed by atoms with Crippen molar-refractivity contribution >= 4 is 5.91 Å². The lowest BCUT2D eigenvalue weighted by Crippen LogP contribution is -2.27. The molecule has 0 bridgehead atoms. The molecule has 0 fully saturated rings. The molecular weight excluding hydrogens is 268 g/mol. The summed E-state index contributed by atoms with van der Waals surface area (Å²) in [6, 6.07) is 11.5. The summed E-state index contributed by atoms with van der Waals surface area (Å²) in [5.74, 6) is 1.54. The first kappa shape index (κ1) is 15.1. The van der Waals surface area contributed by atoms with Crippen LogP contribution in [0.15, 0.2) is 47.1 Å². The number of likely N-dealkylation sites (N-methyl/N-ethyl adjacent to an activating group) is 1. The van der Waals surface area contributed by atoms with Gasteiger partial charge < -0.3 is 19.4 Å². The summed E-state index contributed by atoms with van der Waals surface area (Å²) in [6.07, 6.45) is 1.66. The molecule has 0 atom stereocenters. The molecule has 1 aromatic heterocycles. The molecule has 21 heavy (non-hydrogen) atoms. The number of benzene rings is 1. The first-order valence-electron chi connectivity index (χ1n) is 6.80. The summed E-state index contributed by atoms with van der Waals surface area (Å²) in [7, 11) is 3.42. The molecule has 0 aliphatic rings. The van der Waals surface area contributed by atoms with Crippen LogP contribution in [0.2, 0.25) is 0 Å². The van der Waals surface area contributed by atoms with Crippen molar-refractivity contribution < 1.29 is 13.9 Å². The minimum Gasteiger partial charge on any atom is -0.484 e. The minimum atomic E-state index is -0.0589. The Hall–Kier alpha value is -2.27. The highest BCUT2D eigenvalue weighted by Gasteiger charge is 2.05. The number of furan rings is 1. The molecule has 0 spiro atoms. The molecule has 0 aliphatic carbocycles. The van der Waals surface area contributed by atoms with Crippen LogP contribution in [0.1, 0.15) is 11.3 Å². The highest BCUT2D eigenvalue weighted by Crippen LogP contribution is 2.13. The van der Waals surface area contributed by atoms with E-state index in [2.05, 4.69) is 5.32 Å². The van der Waals surface area contributed by atoms with E-state index in [9.17, 15) is 4.79 Å². The van der Waals surface area contributed by atoms with E-state index >= 15 is 0 Å². The second-order valence-electron chi connectivity index (χ2n) is 4.91. The second kappa shape index (κ2) is 7.50. The van der Waals surface area contributed by atoms with Crippen molar-refractivity contribution in [2.75, 3.05) is 20.7 Å². The molecule has 0 radical (unpaired) electrons. The Morgan fingerprint density at radius 2 is 2.10 bits per heavy atom. The van der Waals surface area contributed by atoms with Gasteiger partial charge in [0.15, 0.2) is 6.61 Å². The summed E-state index contributed by atoms with van der Waals surface area (Å²) < 4.78 is 10.7. The average molecular weight is 288 g/mol. The van der Waals surface area contributed by atoms with Gasteiger partial charge in [-0.05, 0) is 29.8 Å². The number of hydrogen-bond donors (Lipinski definition) is 1. The number of nitrogens with one attached hydrogen (secondary N) is 1. The Kier molecular flexibility index (Phi) is 5.40. The third kappa shape index (κ3) is 4.96. The maximum absolute atomic E-state index is 11.5. The topological polar surface area (TPSA) is 54.7 Å². The molecule has 1 heterocycles. The van der Waals surface area contributed by atoms with E-state index in [-0.39, 0.29) is 12.5 Å². The van der Waals surface area contributed by atoms with Crippen LogP contribution in [0.5, 0.6) is 5.75 Å². The highest BCUT2D eigenvalue weighted by atomic mass is 16.5. The molecule has 1 amide bonds. The molecule has 0 aliphatic heterocycles. The summed E-state index contributed by atoms with van der Waals surface area (Å²) in [6.45, 7) is 1.44. The van der Waals surface area contributed by atoms with Crippen LogP contribution < -0.4 is 10.1 Å². The highest BCUT2D eigenvalue weighted by molar-refractivity contribution is 5.77. The molecule has 0 unspecified atom stereocenters. The summed E-state index contributed by atoms with van der Waals surface area (Å²) in [5.41, 5.74) is 1.09. The third-order valence-electron chi connectivity index (χ3n) is 2.97. The smallest absolute Gasteiger partial charge is 0.259 e. The largest absolute Gasteiger partial charge is 0.484 e. The first-order valence-corrected chi connectivity index (χ1v) is 6.80. The van der Waals surface area contributed by atoms with E-state index in [1.807, 2.05) is 36.4 Å². The average Bonchev–Trinajstić information content (AvgIpc) is 2.98. The lowest BCUT2D eigenvalue weighted by atomic mass is 10.2. The van der Waals surface area contributed by atoms with Gasteiger partial charge in [-0.3, -0.25) is 4.79 Å². The molecule has 1 aromatic carbocycles. The van der Waals surface area contributed by atoms with Crippen molar-refractivity contribution in [2.24, 2.45) is 0 Å². The van der Waals surface area contributed by atoms with Crippen LogP contribution in [-0.2, 0) is 17.9 Å². The van der Waals surface area contributed by atoms with Crippen LogP contribution in [0.3, 0.4) is 0 Å². The third-order valence-corrected chi connectivity index (χ3v) is 2.97. The number of hydrogen-bond acceptors (Lipinski definition) is 4. The van der Waals surface area contributed by atoms with E-state index < -0.39 is 0 Å². The number of ether oxygens (including phenoxy) is 1. The predicted molar refractivity (Wildman–Crippen MR) is 79.9 cm³/mol. The van der Waals surface area contributed by atoms with Crippen LogP contribution in [0.25, 0.3) is 0 Å². The molecule has 112 valence electrons. The van der Waals surface area contributed by atoms with Gasteiger partial charge >= 0.3 is 0 Å². The zero-order valence-corrected chi connectivity index (χ0v) is 12.3. The van der Waals surface area contributed by atoms with Gasteiger partial charge in [-0.1, -0.05) is 12.1 Å². The number of carbonyl (C=O) groups is 1. The maximum atomic E-state index is 11.5. The first-order chi connectivity index (χ1) is 10.1. The molecule has 0 saturated carbocycles. The Morgan fingerprint density at radius 3 is 2.81 bits per heavy atom. The summed E-state index contributed by atoms with van der Waals surface area (Å²) in [4.78, 5) is 13.0. The Bertz CT molecular complexity index is 565. The van der Waals surface area contributed by atoms with Crippen LogP contribution in [0.4, 0.5) is 0 Å². The lowest BCUT2D eigenvalue weighted by molar-refractivity contribution is -0.130. The zero-order valence-electron chi connectivity index (χ0n) is 12.3. The Morgan fingerprint density at radius 1 is 1.24 bits per heavy atom. The number of carbonyl (C=O) groups excluding carboxylic acids is 1. The van der Waals surface area contributed by atoms with Gasteiger partial charge in [0.1, 0.15) is 11.5 Å². The monoisotopic (exact) mass is 288 g/mol. The Balaban J connectivity index is 1.81. The van der Waals surface area contributed by atoms with Crippen molar-refractivity contribution in [3.63, 3.8) is 0 Å². The fourth-order valence-electron chi connectivity index (χ4n) is 1.76. The Labute approximate surface area is 124 Å². The molecule has 5 heteroatoms. The second-order valence-corrected chi connectivity index (χ2v) is 4.91. The van der Waals surface area contributed by atoms with Crippen molar-refractivity contribution in [3.8, 4) is 5.75 Å². The quantitative estimate of drug-likeness (QED) is 0.847. The predicted octanol–water partition coefficient (Wildman–Crippen LogP) is 2.04. The van der Waals surface area contributed by atoms with Gasteiger partial charge in [0, 0.05) is 20.6 Å². The van der Waals surface area contributed by atoms with E-state index in [1.54, 1.807) is 20.4 Å². The van der Waals surface area contributed by atoms with Gasteiger partial charge in [-0.15, -0.1) is 0 Å². The van der Waals surface area contributed by atoms with Gasteiger partial charge in [0.05, 0.1) is 12.8 Å². The minimum absolute atomic E-state index is 0.0519. The van der Waals surface area contributed by atoms with E-state index in [4.69, 9.17) is 9.15 Å². The van der Waals surface area contributed by atoms with Crippen LogP contribution >= 0.6 is 0 Å². The fourth-order valence-corrected chi connectivity index (χ4v) is 1.76. The lowest BCUT2D eigenvalue weighted by Gasteiger charge is -2.12. The molecule has 0 saturated heterocycles. The van der Waals surface area contributed by atoms with Gasteiger partial charge in [-0.25, -0.2) is 0 Å². The van der Waals surface area contributed by atoms with Gasteiger partial charge in [0.25, 0.3) is 5.91 Å². The van der Waals surface area contributed by atoms with Gasteiger partial charge in [-0.2, -0.15) is 0 Å². The van der Waals surface area contributed by atoms with Crippen molar-refractivity contribution in [3.05, 3.63) is 54.0 Å². The SMILES string of the molecule is CN(C)C(=O)COc1cccc(CNCc2ccco2)c1. The molecule has 1 N–H and O–H groups in total. The molecular formula is C16H20N2O3. The van der Waals surface area contributed by atoms with Crippen LogP contribution in [-0.4, -0.2) is 31.5 Å². The van der Waals surface area contributed by atoms with E-state index in [0.29, 0.717) is 18.8 Å². The van der Waals surface area contributed by atoms with Crippen molar-refractivity contribution in [1.82, 2.24) is 10.2 Å². The van der Waals surface area contributed by atoms with Crippen molar-refractivity contribution in [2.45, 2.75) is 13.1 Å². The maximum Gasteiger partial charge on any atom is 0.259 e. The standard InChI is InChI=1S/C16H20N2O3/c1-18(2)16(19)12-21-14-6-3-5-13(9-14)10-17-11-15-7-4-8-20-15/h3-9,17H,10-12H2,1-2H3. The zero-order chi connectivity index (χ0) is 15.1. The molecule has 2 rings (SSSR count). The molecule has 2 aromatic rings. The molecule has 5 nitrogen and oxygen atoms in total. The number of rotatable bonds is 7. The normalized spacial score (nSPS) is 10.4. The van der Waals surface area contributed by atoms with E-state index in [1.165, 1.54) is 4.90 Å². The summed E-state index contributed by atoms with van der Waals surface area (Å²) in [5, 5.41) is 3.29. The number of nitrogens with zero attached hydrogens (tertiary/aromatic N) is 1. The van der Waals surface area contributed by atoms with Crippen LogP contribution in [0, 0.1) is 0 Å². The number of amides is 1. The van der Waals surface area contributed by atoms with E-state index in [0.717, 1.165) is 11.3 Å². The van der Waals surface area contributed by atoms with Crippen molar-refractivity contribution in [1.29, 1.82) is 0 Å². The fraction of sp³-hybridized carbons (Fsp3) is 0.312.